The number of aromatic nitrogens is 4. The standard InChI is InChI=1S/C26H26FN7O2.CH2O2/c1-32-6-8-33(9-7-32)23-5-2-16(11-28-23)18-10-22-26(34-15-30-31-25(18)34)29-12-19-20(27)3-4-21-24(19)17(13-35-21)14-36-22;2-1-3/h2-5,10-11,15,17,29H,6-9,12-14H2,1H3;1H,(H,2,3)/t17-;/m1./s1. The van der Waals surface area contributed by atoms with E-state index in [0.717, 1.165) is 54.4 Å². The van der Waals surface area contributed by atoms with Gasteiger partial charge in [-0.15, -0.1) is 10.2 Å². The number of hydrogen-bond donors (Lipinski definition) is 2. The quantitative estimate of drug-likeness (QED) is 0.373. The Bertz CT molecular complexity index is 1500. The zero-order valence-corrected chi connectivity index (χ0v) is 21.4. The van der Waals surface area contributed by atoms with Gasteiger partial charge in [0.2, 0.25) is 0 Å². The lowest BCUT2D eigenvalue weighted by atomic mass is 9.96. The monoisotopic (exact) mass is 533 g/mol. The van der Waals surface area contributed by atoms with Gasteiger partial charge in [0, 0.05) is 61.2 Å². The first-order chi connectivity index (χ1) is 19.1. The molecule has 0 aliphatic carbocycles. The molecule has 3 aromatic heterocycles. The van der Waals surface area contributed by atoms with Crippen molar-refractivity contribution in [3.05, 3.63) is 59.8 Å². The van der Waals surface area contributed by atoms with E-state index in [4.69, 9.17) is 24.4 Å². The summed E-state index contributed by atoms with van der Waals surface area (Å²) >= 11 is 0. The Labute approximate surface area is 223 Å². The zero-order chi connectivity index (χ0) is 26.9. The highest BCUT2D eigenvalue weighted by atomic mass is 19.1. The van der Waals surface area contributed by atoms with Crippen LogP contribution in [-0.4, -0.2) is 82.5 Å². The van der Waals surface area contributed by atoms with Gasteiger partial charge in [0.25, 0.3) is 6.47 Å². The second-order valence-electron chi connectivity index (χ2n) is 9.71. The van der Waals surface area contributed by atoms with E-state index in [0.29, 0.717) is 42.5 Å². The predicted octanol–water partition coefficient (Wildman–Crippen LogP) is 2.86. The number of nitrogens with zero attached hydrogens (tertiary/aromatic N) is 6. The molecule has 0 unspecified atom stereocenters. The van der Waals surface area contributed by atoms with Crippen LogP contribution in [-0.2, 0) is 11.3 Å². The Balaban J connectivity index is 0.000000883. The molecular weight excluding hydrogens is 505 g/mol. The van der Waals surface area contributed by atoms with E-state index in [1.165, 1.54) is 6.07 Å². The van der Waals surface area contributed by atoms with Crippen molar-refractivity contribution in [1.29, 1.82) is 0 Å². The van der Waals surface area contributed by atoms with Gasteiger partial charge >= 0.3 is 0 Å². The first kappa shape index (κ1) is 24.9. The van der Waals surface area contributed by atoms with Gasteiger partial charge in [-0.3, -0.25) is 9.20 Å². The van der Waals surface area contributed by atoms with Gasteiger partial charge in [-0.25, -0.2) is 9.37 Å². The van der Waals surface area contributed by atoms with E-state index < -0.39 is 0 Å². The van der Waals surface area contributed by atoms with E-state index in [9.17, 15) is 4.39 Å². The number of rotatable bonds is 2. The molecule has 0 amide bonds. The summed E-state index contributed by atoms with van der Waals surface area (Å²) in [5, 5.41) is 18.8. The van der Waals surface area contributed by atoms with Crippen LogP contribution in [0.4, 0.5) is 16.0 Å². The SMILES string of the molecule is CN1CCN(c2ccc(-c3cc4c(n5cnnc35)NCc3c(F)ccc5c3[C@H](CO5)CO4)cn2)CC1.O=CO. The molecule has 12 heteroatoms. The molecule has 6 heterocycles. The largest absolute Gasteiger partial charge is 0.493 e. The molecule has 0 saturated carbocycles. The van der Waals surface area contributed by atoms with Gasteiger partial charge in [-0.1, -0.05) is 0 Å². The number of halogens is 1. The number of carboxylic acid groups (broad SMARTS) is 1. The molecule has 1 fully saturated rings. The highest BCUT2D eigenvalue weighted by molar-refractivity contribution is 5.82. The molecule has 0 radical (unpaired) electrons. The van der Waals surface area contributed by atoms with Gasteiger partial charge in [-0.05, 0) is 37.4 Å². The summed E-state index contributed by atoms with van der Waals surface area (Å²) in [5.41, 5.74) is 3.98. The number of likely N-dealkylation sites (N-methyl/N-ethyl adjacent to an activating group) is 1. The maximum absolute atomic E-state index is 14.8. The van der Waals surface area contributed by atoms with Crippen molar-refractivity contribution in [2.24, 2.45) is 0 Å². The minimum atomic E-state index is -0.250. The third-order valence-electron chi connectivity index (χ3n) is 7.41. The maximum Gasteiger partial charge on any atom is 0.290 e. The van der Waals surface area contributed by atoms with Crippen LogP contribution in [0.2, 0.25) is 0 Å². The van der Waals surface area contributed by atoms with Crippen molar-refractivity contribution >= 4 is 23.8 Å². The van der Waals surface area contributed by atoms with Gasteiger partial charge in [-0.2, -0.15) is 0 Å². The van der Waals surface area contributed by atoms with Crippen molar-refractivity contribution in [1.82, 2.24) is 24.5 Å². The maximum atomic E-state index is 14.8. The first-order valence-electron chi connectivity index (χ1n) is 12.7. The fraction of sp³-hybridized carbons (Fsp3) is 0.333. The van der Waals surface area contributed by atoms with Crippen LogP contribution in [0.3, 0.4) is 0 Å². The molecule has 0 spiro atoms. The van der Waals surface area contributed by atoms with Crippen molar-refractivity contribution in [3.63, 3.8) is 0 Å². The summed E-state index contributed by atoms with van der Waals surface area (Å²) < 4.78 is 28.8. The lowest BCUT2D eigenvalue weighted by molar-refractivity contribution is -0.122. The number of nitrogens with one attached hydrogen (secondary N) is 1. The summed E-state index contributed by atoms with van der Waals surface area (Å²) in [6.07, 6.45) is 3.53. The number of hydrogen-bond acceptors (Lipinski definition) is 9. The molecule has 1 saturated heterocycles. The van der Waals surface area contributed by atoms with Crippen LogP contribution in [0.5, 0.6) is 11.5 Å². The number of fused-ring (bicyclic) bond motifs is 3. The van der Waals surface area contributed by atoms with E-state index >= 15 is 0 Å². The average Bonchev–Trinajstić information content (AvgIpc) is 3.61. The van der Waals surface area contributed by atoms with Crippen LogP contribution in [0, 0.1) is 5.82 Å². The molecule has 1 aromatic carbocycles. The van der Waals surface area contributed by atoms with Crippen molar-refractivity contribution in [2.75, 3.05) is 56.7 Å². The van der Waals surface area contributed by atoms with E-state index in [-0.39, 0.29) is 18.2 Å². The lowest BCUT2D eigenvalue weighted by Gasteiger charge is -2.33. The molecule has 39 heavy (non-hydrogen) atoms. The molecule has 2 N–H and O–H groups in total. The summed E-state index contributed by atoms with van der Waals surface area (Å²) in [4.78, 5) is 17.8. The Morgan fingerprint density at radius 2 is 1.87 bits per heavy atom. The van der Waals surface area contributed by atoms with Gasteiger partial charge in [0.05, 0.1) is 19.1 Å². The molecule has 3 aliphatic rings. The summed E-state index contributed by atoms with van der Waals surface area (Å²) in [6.45, 7) is 4.89. The van der Waals surface area contributed by atoms with Crippen LogP contribution in [0.1, 0.15) is 17.0 Å². The molecular formula is C27H28FN7O4. The lowest BCUT2D eigenvalue weighted by Crippen LogP contribution is -2.44. The summed E-state index contributed by atoms with van der Waals surface area (Å²) in [7, 11) is 2.14. The number of carbonyl (C=O) groups is 1. The Morgan fingerprint density at radius 3 is 2.62 bits per heavy atom. The number of pyridine rings is 2. The molecule has 0 bridgehead atoms. The summed E-state index contributed by atoms with van der Waals surface area (Å²) in [6, 6.07) is 9.28. The normalized spacial score (nSPS) is 18.2. The average molecular weight is 534 g/mol. The molecule has 202 valence electrons. The van der Waals surface area contributed by atoms with Crippen LogP contribution >= 0.6 is 0 Å². The Kier molecular flexibility index (Phi) is 6.61. The van der Waals surface area contributed by atoms with E-state index in [1.807, 2.05) is 16.7 Å². The Hall–Kier alpha value is -4.45. The first-order valence-corrected chi connectivity index (χ1v) is 12.7. The fourth-order valence-corrected chi connectivity index (χ4v) is 5.37. The van der Waals surface area contributed by atoms with E-state index in [2.05, 4.69) is 44.5 Å². The number of ether oxygens (including phenoxy) is 2. The second-order valence-corrected chi connectivity index (χ2v) is 9.71. The zero-order valence-electron chi connectivity index (χ0n) is 21.4. The number of piperazine rings is 1. The fourth-order valence-electron chi connectivity index (χ4n) is 5.37. The van der Waals surface area contributed by atoms with Crippen molar-refractivity contribution < 1.29 is 23.8 Å². The molecule has 7 rings (SSSR count). The molecule has 3 aliphatic heterocycles. The van der Waals surface area contributed by atoms with Crippen LogP contribution < -0.4 is 19.7 Å². The second kappa shape index (κ2) is 10.4. The summed E-state index contributed by atoms with van der Waals surface area (Å²) in [5.74, 6) is 2.77. The predicted molar refractivity (Wildman–Crippen MR) is 142 cm³/mol. The highest BCUT2D eigenvalue weighted by Crippen LogP contribution is 2.41. The molecule has 4 aromatic rings. The van der Waals surface area contributed by atoms with Crippen molar-refractivity contribution in [2.45, 2.75) is 12.5 Å². The van der Waals surface area contributed by atoms with Crippen molar-refractivity contribution in [3.8, 4) is 22.6 Å². The van der Waals surface area contributed by atoms with Crippen LogP contribution in [0.25, 0.3) is 16.8 Å². The number of anilines is 2. The minimum Gasteiger partial charge on any atom is -0.493 e. The number of benzene rings is 1. The highest BCUT2D eigenvalue weighted by Gasteiger charge is 2.31. The Morgan fingerprint density at radius 1 is 1.10 bits per heavy atom. The third kappa shape index (κ3) is 4.56. The topological polar surface area (TPSA) is 117 Å². The molecule has 11 nitrogen and oxygen atoms in total. The minimum absolute atomic E-state index is 0.0388. The molecule has 1 atom stereocenters. The van der Waals surface area contributed by atoms with Gasteiger partial charge in [0.15, 0.2) is 17.2 Å². The smallest absolute Gasteiger partial charge is 0.290 e. The van der Waals surface area contributed by atoms with Gasteiger partial charge < -0.3 is 29.7 Å². The van der Waals surface area contributed by atoms with Gasteiger partial charge in [0.1, 0.15) is 23.7 Å². The van der Waals surface area contributed by atoms with E-state index in [1.54, 1.807) is 12.4 Å². The third-order valence-corrected chi connectivity index (χ3v) is 7.41. The van der Waals surface area contributed by atoms with Crippen LogP contribution in [0.15, 0.2) is 42.9 Å².